The van der Waals surface area contributed by atoms with Gasteiger partial charge < -0.3 is 4.74 Å². The number of rotatable bonds is 4. The third-order valence-electron chi connectivity index (χ3n) is 1.44. The average Bonchev–Trinajstić information content (AvgIpc) is 2.06. The van der Waals surface area contributed by atoms with Crippen molar-refractivity contribution in [3.8, 4) is 5.75 Å². The lowest BCUT2D eigenvalue weighted by molar-refractivity contribution is 0.206. The summed E-state index contributed by atoms with van der Waals surface area (Å²) in [5, 5.41) is 0. The fourth-order valence-corrected chi connectivity index (χ4v) is 1.11. The van der Waals surface area contributed by atoms with E-state index < -0.39 is 0 Å². The van der Waals surface area contributed by atoms with Crippen molar-refractivity contribution in [1.29, 1.82) is 0 Å². The molecule has 0 aliphatic rings. The van der Waals surface area contributed by atoms with E-state index in [4.69, 9.17) is 10.5 Å². The Morgan fingerprint density at radius 3 is 2.58 bits per heavy atom. The summed E-state index contributed by atoms with van der Waals surface area (Å²) in [7, 11) is 0. The van der Waals surface area contributed by atoms with Gasteiger partial charge in [-0.15, -0.1) is 0 Å². The molecule has 12 heavy (non-hydrogen) atoms. The Balaban J connectivity index is 2.41. The molecule has 2 nitrogen and oxygen atoms in total. The van der Waals surface area contributed by atoms with E-state index in [1.807, 2.05) is 30.3 Å². The quantitative estimate of drug-likeness (QED) is 0.550. The first-order chi connectivity index (χ1) is 5.83. The average molecular weight is 183 g/mol. The third kappa shape index (κ3) is 3.15. The molecule has 0 heterocycles. The number of hydrogen-bond acceptors (Lipinski definition) is 3. The van der Waals surface area contributed by atoms with Gasteiger partial charge in [0.2, 0.25) is 0 Å². The van der Waals surface area contributed by atoms with Gasteiger partial charge in [-0.1, -0.05) is 18.2 Å². The number of hydrogen-bond donors (Lipinski definition) is 2. The molecule has 1 aromatic carbocycles. The molecule has 0 bridgehead atoms. The minimum absolute atomic E-state index is 0.245. The molecule has 0 saturated heterocycles. The molecule has 0 saturated carbocycles. The highest BCUT2D eigenvalue weighted by Gasteiger charge is 2.00. The van der Waals surface area contributed by atoms with Crippen LogP contribution >= 0.6 is 12.6 Å². The van der Waals surface area contributed by atoms with Crippen molar-refractivity contribution in [2.24, 2.45) is 5.73 Å². The zero-order valence-corrected chi connectivity index (χ0v) is 7.71. The first-order valence-corrected chi connectivity index (χ1v) is 4.54. The monoisotopic (exact) mass is 183 g/mol. The molecule has 0 aromatic heterocycles. The zero-order chi connectivity index (χ0) is 8.81. The maximum absolute atomic E-state index is 5.65. The molecule has 1 rings (SSSR count). The Kier molecular flexibility index (Phi) is 3.97. The highest BCUT2D eigenvalue weighted by Crippen LogP contribution is 2.10. The van der Waals surface area contributed by atoms with Crippen LogP contribution in [0.5, 0.6) is 5.75 Å². The zero-order valence-electron chi connectivity index (χ0n) is 6.81. The SMILES string of the molecule is NC(CCS)Oc1ccccc1. The van der Waals surface area contributed by atoms with Crippen LogP contribution in [0.25, 0.3) is 0 Å². The molecule has 66 valence electrons. The highest BCUT2D eigenvalue weighted by atomic mass is 32.1. The van der Waals surface area contributed by atoms with Crippen molar-refractivity contribution in [1.82, 2.24) is 0 Å². The topological polar surface area (TPSA) is 35.2 Å². The lowest BCUT2D eigenvalue weighted by Gasteiger charge is -2.12. The van der Waals surface area contributed by atoms with Gasteiger partial charge in [-0.05, 0) is 17.9 Å². The van der Waals surface area contributed by atoms with Crippen LogP contribution in [0.2, 0.25) is 0 Å². The Morgan fingerprint density at radius 1 is 1.33 bits per heavy atom. The summed E-state index contributed by atoms with van der Waals surface area (Å²) in [5.41, 5.74) is 5.65. The van der Waals surface area contributed by atoms with E-state index in [0.29, 0.717) is 0 Å². The maximum atomic E-state index is 5.65. The van der Waals surface area contributed by atoms with Crippen molar-refractivity contribution in [2.75, 3.05) is 5.75 Å². The first-order valence-electron chi connectivity index (χ1n) is 3.91. The molecule has 0 aliphatic carbocycles. The van der Waals surface area contributed by atoms with Gasteiger partial charge in [-0.3, -0.25) is 5.73 Å². The number of nitrogens with two attached hydrogens (primary N) is 1. The molecule has 2 N–H and O–H groups in total. The van der Waals surface area contributed by atoms with Crippen molar-refractivity contribution < 1.29 is 4.74 Å². The normalized spacial score (nSPS) is 12.5. The van der Waals surface area contributed by atoms with Gasteiger partial charge in [-0.2, -0.15) is 12.6 Å². The summed E-state index contributed by atoms with van der Waals surface area (Å²) < 4.78 is 5.38. The molecule has 0 aliphatic heterocycles. The van der Waals surface area contributed by atoms with Crippen LogP contribution in [0.3, 0.4) is 0 Å². The van der Waals surface area contributed by atoms with Crippen LogP contribution in [0.4, 0.5) is 0 Å². The third-order valence-corrected chi connectivity index (χ3v) is 1.70. The molecular formula is C9H13NOS. The predicted octanol–water partition coefficient (Wildman–Crippen LogP) is 1.67. The van der Waals surface area contributed by atoms with E-state index in [0.717, 1.165) is 17.9 Å². The van der Waals surface area contributed by atoms with E-state index in [1.165, 1.54) is 0 Å². The minimum Gasteiger partial charge on any atom is -0.476 e. The lowest BCUT2D eigenvalue weighted by Crippen LogP contribution is -2.27. The fraction of sp³-hybridized carbons (Fsp3) is 0.333. The largest absolute Gasteiger partial charge is 0.476 e. The molecule has 1 unspecified atom stereocenters. The van der Waals surface area contributed by atoms with Gasteiger partial charge in [0.05, 0.1) is 0 Å². The molecular weight excluding hydrogens is 170 g/mol. The van der Waals surface area contributed by atoms with E-state index in [1.54, 1.807) is 0 Å². The van der Waals surface area contributed by atoms with Gasteiger partial charge in [0.15, 0.2) is 0 Å². The maximum Gasteiger partial charge on any atom is 0.148 e. The van der Waals surface area contributed by atoms with E-state index >= 15 is 0 Å². The molecule has 0 amide bonds. The predicted molar refractivity (Wildman–Crippen MR) is 53.5 cm³/mol. The number of benzene rings is 1. The number of thiol groups is 1. The van der Waals surface area contributed by atoms with E-state index in [9.17, 15) is 0 Å². The molecule has 0 spiro atoms. The number of ether oxygens (including phenoxy) is 1. The fourth-order valence-electron chi connectivity index (χ4n) is 0.860. The summed E-state index contributed by atoms with van der Waals surface area (Å²) in [6.45, 7) is 0. The van der Waals surface area contributed by atoms with Crippen molar-refractivity contribution in [3.63, 3.8) is 0 Å². The summed E-state index contributed by atoms with van der Waals surface area (Å²) in [4.78, 5) is 0. The highest BCUT2D eigenvalue weighted by molar-refractivity contribution is 7.80. The van der Waals surface area contributed by atoms with Crippen LogP contribution in [-0.4, -0.2) is 12.0 Å². The van der Waals surface area contributed by atoms with Crippen LogP contribution in [0.15, 0.2) is 30.3 Å². The molecule has 0 fully saturated rings. The van der Waals surface area contributed by atoms with Gasteiger partial charge >= 0.3 is 0 Å². The van der Waals surface area contributed by atoms with Crippen LogP contribution in [0, 0.1) is 0 Å². The van der Waals surface area contributed by atoms with Crippen LogP contribution in [0.1, 0.15) is 6.42 Å². The molecule has 0 radical (unpaired) electrons. The standard InChI is InChI=1S/C9H13NOS/c10-9(6-7-12)11-8-4-2-1-3-5-8/h1-5,9,12H,6-7,10H2. The van der Waals surface area contributed by atoms with Gasteiger partial charge in [0.1, 0.15) is 12.0 Å². The van der Waals surface area contributed by atoms with Crippen molar-refractivity contribution in [3.05, 3.63) is 30.3 Å². The van der Waals surface area contributed by atoms with Crippen molar-refractivity contribution >= 4 is 12.6 Å². The Labute approximate surface area is 78.1 Å². The molecule has 1 atom stereocenters. The van der Waals surface area contributed by atoms with Gasteiger partial charge in [-0.25, -0.2) is 0 Å². The smallest absolute Gasteiger partial charge is 0.148 e. The second-order valence-corrected chi connectivity index (χ2v) is 2.93. The molecule has 1 aromatic rings. The second kappa shape index (κ2) is 5.06. The van der Waals surface area contributed by atoms with E-state index in [-0.39, 0.29) is 6.23 Å². The summed E-state index contributed by atoms with van der Waals surface area (Å²) in [6, 6.07) is 9.55. The molecule has 3 heteroatoms. The van der Waals surface area contributed by atoms with Gasteiger partial charge in [0, 0.05) is 6.42 Å². The lowest BCUT2D eigenvalue weighted by atomic mass is 10.3. The summed E-state index contributed by atoms with van der Waals surface area (Å²) in [5.74, 6) is 1.56. The minimum atomic E-state index is -0.245. The van der Waals surface area contributed by atoms with E-state index in [2.05, 4.69) is 12.6 Å². The Bertz CT molecular complexity index is 215. The Hall–Kier alpha value is -0.670. The van der Waals surface area contributed by atoms with Crippen LogP contribution < -0.4 is 10.5 Å². The van der Waals surface area contributed by atoms with Gasteiger partial charge in [0.25, 0.3) is 0 Å². The van der Waals surface area contributed by atoms with Crippen LogP contribution in [-0.2, 0) is 0 Å². The Morgan fingerprint density at radius 2 is 2.00 bits per heavy atom. The number of para-hydroxylation sites is 1. The van der Waals surface area contributed by atoms with Crippen molar-refractivity contribution in [2.45, 2.75) is 12.6 Å². The first kappa shape index (κ1) is 9.42. The summed E-state index contributed by atoms with van der Waals surface area (Å²) in [6.07, 6.45) is 0.516. The summed E-state index contributed by atoms with van der Waals surface area (Å²) >= 11 is 4.07. The second-order valence-electron chi connectivity index (χ2n) is 2.48.